The Morgan fingerprint density at radius 1 is 1.19 bits per heavy atom. The monoisotopic (exact) mass is 409 g/mol. The molecule has 0 radical (unpaired) electrons. The largest absolute Gasteiger partial charge is 0.357 e. The van der Waals surface area contributed by atoms with E-state index in [9.17, 15) is 0 Å². The minimum Gasteiger partial charge on any atom is -0.357 e. The lowest BCUT2D eigenvalue weighted by atomic mass is 9.95. The summed E-state index contributed by atoms with van der Waals surface area (Å²) in [4.78, 5) is 13.7. The van der Waals surface area contributed by atoms with Crippen LogP contribution < -0.4 is 10.6 Å². The highest BCUT2D eigenvalue weighted by atomic mass is 32.2. The SMILES string of the molecule is CCNC(=NCC1(N2CCSCC2)CCCC1)NCCc1nc(C)c(C)s1. The fraction of sp³-hybridized carbons (Fsp3) is 0.800. The lowest BCUT2D eigenvalue weighted by molar-refractivity contribution is 0.112. The van der Waals surface area contributed by atoms with E-state index in [1.54, 1.807) is 0 Å². The number of thiazole rings is 1. The number of nitrogens with zero attached hydrogens (tertiary/aromatic N) is 3. The number of hydrogen-bond acceptors (Lipinski definition) is 5. The molecule has 7 heteroatoms. The maximum absolute atomic E-state index is 5.03. The molecule has 0 bridgehead atoms. The van der Waals surface area contributed by atoms with E-state index in [1.807, 2.05) is 11.3 Å². The average molecular weight is 410 g/mol. The van der Waals surface area contributed by atoms with Crippen molar-refractivity contribution in [2.75, 3.05) is 44.2 Å². The summed E-state index contributed by atoms with van der Waals surface area (Å²) in [7, 11) is 0. The van der Waals surface area contributed by atoms with Crippen LogP contribution in [0.1, 0.15) is 48.2 Å². The molecule has 0 aromatic carbocycles. The van der Waals surface area contributed by atoms with E-state index in [0.29, 0.717) is 5.54 Å². The normalized spacial score (nSPS) is 20.8. The van der Waals surface area contributed by atoms with Crippen molar-refractivity contribution >= 4 is 29.1 Å². The second-order valence-electron chi connectivity index (χ2n) is 7.65. The van der Waals surface area contributed by atoms with Crippen LogP contribution in [0.2, 0.25) is 0 Å². The van der Waals surface area contributed by atoms with Gasteiger partial charge >= 0.3 is 0 Å². The van der Waals surface area contributed by atoms with E-state index in [2.05, 4.69) is 53.1 Å². The van der Waals surface area contributed by atoms with Crippen LogP contribution in [-0.2, 0) is 6.42 Å². The van der Waals surface area contributed by atoms with E-state index in [4.69, 9.17) is 4.99 Å². The molecule has 2 fully saturated rings. The van der Waals surface area contributed by atoms with Gasteiger partial charge in [0, 0.05) is 54.5 Å². The van der Waals surface area contributed by atoms with Gasteiger partial charge in [0.25, 0.3) is 0 Å². The van der Waals surface area contributed by atoms with E-state index < -0.39 is 0 Å². The van der Waals surface area contributed by atoms with Gasteiger partial charge < -0.3 is 10.6 Å². The Balaban J connectivity index is 1.57. The molecule has 2 aliphatic rings. The number of hydrogen-bond donors (Lipinski definition) is 2. The first-order chi connectivity index (χ1) is 13.1. The molecule has 3 rings (SSSR count). The zero-order valence-electron chi connectivity index (χ0n) is 17.1. The zero-order valence-corrected chi connectivity index (χ0v) is 18.8. The van der Waals surface area contributed by atoms with Crippen LogP contribution in [0.5, 0.6) is 0 Å². The van der Waals surface area contributed by atoms with Crippen molar-refractivity contribution in [1.82, 2.24) is 20.5 Å². The maximum atomic E-state index is 5.03. The Labute approximate surface area is 172 Å². The van der Waals surface area contributed by atoms with Gasteiger partial charge in [0.15, 0.2) is 5.96 Å². The van der Waals surface area contributed by atoms with Crippen molar-refractivity contribution in [2.45, 2.75) is 58.4 Å². The zero-order chi connectivity index (χ0) is 19.1. The van der Waals surface area contributed by atoms with Crippen LogP contribution in [0.4, 0.5) is 0 Å². The Morgan fingerprint density at radius 2 is 1.93 bits per heavy atom. The van der Waals surface area contributed by atoms with Crippen LogP contribution in [-0.4, -0.2) is 65.6 Å². The summed E-state index contributed by atoms with van der Waals surface area (Å²) in [6.45, 7) is 11.5. The summed E-state index contributed by atoms with van der Waals surface area (Å²) in [5.74, 6) is 3.51. The number of nitrogens with one attached hydrogen (secondary N) is 2. The number of aromatic nitrogens is 1. The van der Waals surface area contributed by atoms with Crippen molar-refractivity contribution < 1.29 is 0 Å². The molecule has 0 unspecified atom stereocenters. The third-order valence-electron chi connectivity index (χ3n) is 5.80. The van der Waals surface area contributed by atoms with Gasteiger partial charge in [0.05, 0.1) is 17.2 Å². The molecule has 1 aliphatic heterocycles. The fourth-order valence-corrected chi connectivity index (χ4v) is 5.98. The smallest absolute Gasteiger partial charge is 0.191 e. The van der Waals surface area contributed by atoms with E-state index in [1.165, 1.54) is 65.9 Å². The number of aliphatic imine (C=N–C) groups is 1. The molecule has 152 valence electrons. The molecule has 27 heavy (non-hydrogen) atoms. The number of aryl methyl sites for hydroxylation is 2. The molecular weight excluding hydrogens is 374 g/mol. The van der Waals surface area contributed by atoms with E-state index in [0.717, 1.165) is 32.0 Å². The van der Waals surface area contributed by atoms with Crippen molar-refractivity contribution in [3.05, 3.63) is 15.6 Å². The highest BCUT2D eigenvalue weighted by molar-refractivity contribution is 7.99. The number of guanidine groups is 1. The first-order valence-corrected chi connectivity index (χ1v) is 12.4. The van der Waals surface area contributed by atoms with E-state index >= 15 is 0 Å². The van der Waals surface area contributed by atoms with Gasteiger partial charge in [-0.2, -0.15) is 11.8 Å². The van der Waals surface area contributed by atoms with E-state index in [-0.39, 0.29) is 0 Å². The van der Waals surface area contributed by atoms with Gasteiger partial charge in [-0.3, -0.25) is 9.89 Å². The molecule has 0 atom stereocenters. The number of rotatable bonds is 7. The molecule has 1 saturated heterocycles. The Bertz CT molecular complexity index is 596. The van der Waals surface area contributed by atoms with Crippen molar-refractivity contribution in [2.24, 2.45) is 4.99 Å². The molecule has 5 nitrogen and oxygen atoms in total. The standard InChI is InChI=1S/C20H35N5S2/c1-4-21-19(22-10-7-18-24-16(2)17(3)27-18)23-15-20(8-5-6-9-20)25-11-13-26-14-12-25/h4-15H2,1-3H3,(H2,21,22,23). The van der Waals surface area contributed by atoms with Gasteiger partial charge in [-0.15, -0.1) is 11.3 Å². The highest BCUT2D eigenvalue weighted by Crippen LogP contribution is 2.37. The van der Waals surface area contributed by atoms with Crippen LogP contribution in [0.15, 0.2) is 4.99 Å². The summed E-state index contributed by atoms with van der Waals surface area (Å²) in [5.41, 5.74) is 1.46. The lowest BCUT2D eigenvalue weighted by Crippen LogP contribution is -2.53. The second-order valence-corrected chi connectivity index (χ2v) is 10.2. The minimum absolute atomic E-state index is 0.298. The quantitative estimate of drug-likeness (QED) is 0.535. The predicted octanol–water partition coefficient (Wildman–Crippen LogP) is 3.22. The number of thioether (sulfide) groups is 1. The topological polar surface area (TPSA) is 52.6 Å². The molecule has 0 amide bonds. The average Bonchev–Trinajstić information content (AvgIpc) is 3.28. The third kappa shape index (κ3) is 5.61. The molecule has 1 aliphatic carbocycles. The van der Waals surface area contributed by atoms with Crippen molar-refractivity contribution in [3.8, 4) is 0 Å². The summed E-state index contributed by atoms with van der Waals surface area (Å²) >= 11 is 3.90. The Morgan fingerprint density at radius 3 is 2.56 bits per heavy atom. The maximum Gasteiger partial charge on any atom is 0.191 e. The first kappa shape index (κ1) is 20.9. The van der Waals surface area contributed by atoms with Crippen LogP contribution in [0, 0.1) is 13.8 Å². The molecule has 0 spiro atoms. The highest BCUT2D eigenvalue weighted by Gasteiger charge is 2.39. The van der Waals surface area contributed by atoms with Gasteiger partial charge in [-0.1, -0.05) is 12.8 Å². The molecule has 2 heterocycles. The van der Waals surface area contributed by atoms with Gasteiger partial charge in [-0.05, 0) is 33.6 Å². The summed E-state index contributed by atoms with van der Waals surface area (Å²) in [6, 6.07) is 0. The first-order valence-electron chi connectivity index (χ1n) is 10.4. The van der Waals surface area contributed by atoms with Crippen LogP contribution in [0.3, 0.4) is 0 Å². The van der Waals surface area contributed by atoms with Crippen molar-refractivity contribution in [3.63, 3.8) is 0 Å². The van der Waals surface area contributed by atoms with Crippen molar-refractivity contribution in [1.29, 1.82) is 0 Å². The Kier molecular flexibility index (Phi) is 7.85. The predicted molar refractivity (Wildman–Crippen MR) is 119 cm³/mol. The van der Waals surface area contributed by atoms with Crippen LogP contribution in [0.25, 0.3) is 0 Å². The Hall–Kier alpha value is -0.790. The van der Waals surface area contributed by atoms with Gasteiger partial charge in [-0.25, -0.2) is 4.98 Å². The molecule has 2 N–H and O–H groups in total. The summed E-state index contributed by atoms with van der Waals surface area (Å²) in [5, 5.41) is 8.17. The summed E-state index contributed by atoms with van der Waals surface area (Å²) in [6.07, 6.45) is 6.27. The third-order valence-corrected chi connectivity index (χ3v) is 7.87. The molecule has 1 saturated carbocycles. The second kappa shape index (κ2) is 10.1. The lowest BCUT2D eigenvalue weighted by Gasteiger charge is -2.42. The molecule has 1 aromatic rings. The fourth-order valence-electron chi connectivity index (χ4n) is 4.15. The van der Waals surface area contributed by atoms with Gasteiger partial charge in [0.1, 0.15) is 0 Å². The molecular formula is C20H35N5S2. The van der Waals surface area contributed by atoms with Gasteiger partial charge in [0.2, 0.25) is 0 Å². The molecule has 1 aromatic heterocycles. The summed E-state index contributed by atoms with van der Waals surface area (Å²) < 4.78 is 0. The van der Waals surface area contributed by atoms with Crippen LogP contribution >= 0.6 is 23.1 Å². The minimum atomic E-state index is 0.298.